The first kappa shape index (κ1) is 22.8. The summed E-state index contributed by atoms with van der Waals surface area (Å²) in [5.41, 5.74) is 7.27. The largest absolute Gasteiger partial charge is 0.370 e. The van der Waals surface area contributed by atoms with Crippen LogP contribution in [0.15, 0.2) is 29.3 Å². The number of hydrogen-bond donors (Lipinski definition) is 1. The van der Waals surface area contributed by atoms with Crippen molar-refractivity contribution in [3.8, 4) is 0 Å². The molecule has 0 aliphatic carbocycles. The van der Waals surface area contributed by atoms with Crippen LogP contribution in [-0.4, -0.2) is 58.3 Å². The topological polar surface area (TPSA) is 75.6 Å². The Bertz CT molecular complexity index is 828. The van der Waals surface area contributed by atoms with Crippen LogP contribution in [0.4, 0.5) is 10.1 Å². The SMILES string of the molecule is I.NC(=NCCCc1nnc2n1CCCCC2)N1CCN(c2ccc(F)cc2)CC1. The van der Waals surface area contributed by atoms with E-state index in [0.717, 1.165) is 69.3 Å². The molecule has 164 valence electrons. The normalized spacial score (nSPS) is 17.3. The smallest absolute Gasteiger partial charge is 0.191 e. The van der Waals surface area contributed by atoms with Crippen LogP contribution in [-0.2, 0) is 19.4 Å². The Morgan fingerprint density at radius 1 is 1.00 bits per heavy atom. The molecule has 9 heteroatoms. The standard InChI is InChI=1S/C21H30FN7.HI/c22-17-7-9-18(10-8-17)27-13-15-28(16-14-27)21(23)24-11-4-6-20-26-25-19-5-2-1-3-12-29(19)20;/h7-10H,1-6,11-16H2,(H2,23,24);1H. The van der Waals surface area contributed by atoms with Crippen molar-refractivity contribution in [2.75, 3.05) is 37.6 Å². The molecule has 2 N–H and O–H groups in total. The van der Waals surface area contributed by atoms with Crippen molar-refractivity contribution in [1.29, 1.82) is 0 Å². The van der Waals surface area contributed by atoms with Crippen molar-refractivity contribution in [2.24, 2.45) is 10.7 Å². The number of aromatic nitrogens is 3. The number of hydrogen-bond acceptors (Lipinski definition) is 4. The zero-order valence-corrected chi connectivity index (χ0v) is 19.7. The third kappa shape index (κ3) is 5.61. The molecule has 2 aliphatic rings. The highest BCUT2D eigenvalue weighted by Crippen LogP contribution is 2.17. The summed E-state index contributed by atoms with van der Waals surface area (Å²) in [4.78, 5) is 8.96. The molecular formula is C21H31FIN7. The van der Waals surface area contributed by atoms with Crippen LogP contribution in [0.5, 0.6) is 0 Å². The molecule has 7 nitrogen and oxygen atoms in total. The first-order valence-electron chi connectivity index (χ1n) is 10.7. The lowest BCUT2D eigenvalue weighted by Gasteiger charge is -2.36. The maximum Gasteiger partial charge on any atom is 0.191 e. The molecule has 1 aromatic heterocycles. The molecule has 1 saturated heterocycles. The van der Waals surface area contributed by atoms with Crippen molar-refractivity contribution >= 4 is 35.6 Å². The van der Waals surface area contributed by atoms with E-state index in [-0.39, 0.29) is 29.8 Å². The molecule has 1 fully saturated rings. The molecule has 4 rings (SSSR count). The zero-order chi connectivity index (χ0) is 20.1. The lowest BCUT2D eigenvalue weighted by Crippen LogP contribution is -2.51. The van der Waals surface area contributed by atoms with Gasteiger partial charge in [-0.3, -0.25) is 4.99 Å². The first-order chi connectivity index (χ1) is 14.2. The number of aryl methyl sites for hydroxylation is 2. The molecule has 0 atom stereocenters. The van der Waals surface area contributed by atoms with E-state index >= 15 is 0 Å². The number of nitrogens with two attached hydrogens (primary N) is 1. The fourth-order valence-corrected chi connectivity index (χ4v) is 4.11. The van der Waals surface area contributed by atoms with E-state index in [1.54, 1.807) is 0 Å². The Hall–Kier alpha value is -1.91. The maximum absolute atomic E-state index is 13.1. The summed E-state index contributed by atoms with van der Waals surface area (Å²) < 4.78 is 15.4. The average molecular weight is 527 g/mol. The highest BCUT2D eigenvalue weighted by molar-refractivity contribution is 14.0. The van der Waals surface area contributed by atoms with Crippen LogP contribution in [0.1, 0.15) is 37.3 Å². The monoisotopic (exact) mass is 527 g/mol. The van der Waals surface area contributed by atoms with E-state index in [0.29, 0.717) is 12.5 Å². The third-order valence-electron chi connectivity index (χ3n) is 5.81. The van der Waals surface area contributed by atoms with E-state index in [1.807, 2.05) is 12.1 Å². The minimum atomic E-state index is -0.203. The summed E-state index contributed by atoms with van der Waals surface area (Å²) in [5.74, 6) is 2.64. The number of aliphatic imine (C=N–C) groups is 1. The Kier molecular flexibility index (Phi) is 8.29. The Labute approximate surface area is 194 Å². The summed E-state index contributed by atoms with van der Waals surface area (Å²) in [6.45, 7) is 5.10. The van der Waals surface area contributed by atoms with Gasteiger partial charge in [-0.05, 0) is 43.5 Å². The van der Waals surface area contributed by atoms with Gasteiger partial charge in [-0.25, -0.2) is 4.39 Å². The van der Waals surface area contributed by atoms with E-state index in [9.17, 15) is 4.39 Å². The molecule has 0 unspecified atom stereocenters. The van der Waals surface area contributed by atoms with Crippen LogP contribution in [0.2, 0.25) is 0 Å². The van der Waals surface area contributed by atoms with Gasteiger partial charge in [0.25, 0.3) is 0 Å². The number of halogens is 2. The number of piperazine rings is 1. The van der Waals surface area contributed by atoms with Gasteiger partial charge >= 0.3 is 0 Å². The van der Waals surface area contributed by atoms with Gasteiger partial charge < -0.3 is 20.1 Å². The number of rotatable bonds is 5. The second-order valence-corrected chi connectivity index (χ2v) is 7.79. The fourth-order valence-electron chi connectivity index (χ4n) is 4.11. The van der Waals surface area contributed by atoms with Gasteiger partial charge in [0, 0.05) is 57.8 Å². The van der Waals surface area contributed by atoms with Gasteiger partial charge in [0.1, 0.15) is 17.5 Å². The number of fused-ring (bicyclic) bond motifs is 1. The lowest BCUT2D eigenvalue weighted by molar-refractivity contribution is 0.380. The minimum absolute atomic E-state index is 0. The number of anilines is 1. The quantitative estimate of drug-likeness (QED) is 0.280. The summed E-state index contributed by atoms with van der Waals surface area (Å²) in [6, 6.07) is 6.67. The first-order valence-corrected chi connectivity index (χ1v) is 10.7. The molecule has 0 saturated carbocycles. The second-order valence-electron chi connectivity index (χ2n) is 7.79. The van der Waals surface area contributed by atoms with Crippen molar-refractivity contribution in [1.82, 2.24) is 19.7 Å². The van der Waals surface area contributed by atoms with Crippen LogP contribution < -0.4 is 10.6 Å². The van der Waals surface area contributed by atoms with Crippen LogP contribution in [0.3, 0.4) is 0 Å². The predicted octanol–water partition coefficient (Wildman–Crippen LogP) is 2.83. The second kappa shape index (κ2) is 10.9. The highest BCUT2D eigenvalue weighted by atomic mass is 127. The van der Waals surface area contributed by atoms with Gasteiger partial charge in [-0.1, -0.05) is 6.42 Å². The van der Waals surface area contributed by atoms with E-state index in [4.69, 9.17) is 5.73 Å². The summed E-state index contributed by atoms with van der Waals surface area (Å²) >= 11 is 0. The molecule has 1 aromatic carbocycles. The summed E-state index contributed by atoms with van der Waals surface area (Å²) in [6.07, 6.45) is 6.57. The van der Waals surface area contributed by atoms with Crippen molar-refractivity contribution < 1.29 is 4.39 Å². The molecule has 30 heavy (non-hydrogen) atoms. The van der Waals surface area contributed by atoms with Crippen molar-refractivity contribution in [3.05, 3.63) is 41.7 Å². The van der Waals surface area contributed by atoms with Crippen LogP contribution >= 0.6 is 24.0 Å². The third-order valence-corrected chi connectivity index (χ3v) is 5.81. The molecular weight excluding hydrogens is 496 g/mol. The fraction of sp³-hybridized carbons (Fsp3) is 0.571. The Balaban J connectivity index is 0.00000256. The molecule has 2 aliphatic heterocycles. The number of nitrogens with zero attached hydrogens (tertiary/aromatic N) is 6. The number of benzene rings is 1. The van der Waals surface area contributed by atoms with Gasteiger partial charge in [0.15, 0.2) is 5.96 Å². The number of guanidine groups is 1. The average Bonchev–Trinajstić information content (AvgIpc) is 2.97. The van der Waals surface area contributed by atoms with Gasteiger partial charge in [0.05, 0.1) is 0 Å². The summed E-state index contributed by atoms with van der Waals surface area (Å²) in [7, 11) is 0. The molecule has 2 aromatic rings. The van der Waals surface area contributed by atoms with E-state index in [2.05, 4.69) is 29.6 Å². The van der Waals surface area contributed by atoms with Gasteiger partial charge in [-0.15, -0.1) is 34.2 Å². The van der Waals surface area contributed by atoms with E-state index in [1.165, 1.54) is 31.4 Å². The summed E-state index contributed by atoms with van der Waals surface area (Å²) in [5, 5.41) is 8.74. The van der Waals surface area contributed by atoms with Crippen molar-refractivity contribution in [3.63, 3.8) is 0 Å². The maximum atomic E-state index is 13.1. The van der Waals surface area contributed by atoms with Crippen LogP contribution in [0, 0.1) is 5.82 Å². The van der Waals surface area contributed by atoms with E-state index < -0.39 is 0 Å². The Morgan fingerprint density at radius 3 is 2.53 bits per heavy atom. The minimum Gasteiger partial charge on any atom is -0.370 e. The predicted molar refractivity (Wildman–Crippen MR) is 128 cm³/mol. The van der Waals surface area contributed by atoms with Gasteiger partial charge in [-0.2, -0.15) is 0 Å². The Morgan fingerprint density at radius 2 is 1.77 bits per heavy atom. The molecule has 0 radical (unpaired) electrons. The lowest BCUT2D eigenvalue weighted by atomic mass is 10.2. The van der Waals surface area contributed by atoms with Crippen molar-refractivity contribution in [2.45, 2.75) is 45.1 Å². The van der Waals surface area contributed by atoms with Crippen LogP contribution in [0.25, 0.3) is 0 Å². The molecule has 0 spiro atoms. The molecule has 3 heterocycles. The molecule has 0 bridgehead atoms. The van der Waals surface area contributed by atoms with Gasteiger partial charge in [0.2, 0.25) is 0 Å². The zero-order valence-electron chi connectivity index (χ0n) is 17.3. The molecule has 0 amide bonds. The highest BCUT2D eigenvalue weighted by Gasteiger charge is 2.19.